The van der Waals surface area contributed by atoms with Gasteiger partial charge in [-0.1, -0.05) is 6.92 Å². The zero-order valence-electron chi connectivity index (χ0n) is 7.38. The predicted molar refractivity (Wildman–Crippen MR) is 46.5 cm³/mol. The van der Waals surface area contributed by atoms with Crippen molar-refractivity contribution in [1.82, 2.24) is 0 Å². The van der Waals surface area contributed by atoms with Crippen molar-refractivity contribution in [2.45, 2.75) is 26.5 Å². The minimum Gasteiger partial charge on any atom is -0.467 e. The molecule has 0 aromatic carbocycles. The van der Waals surface area contributed by atoms with Gasteiger partial charge in [-0.2, -0.15) is 0 Å². The van der Waals surface area contributed by atoms with Gasteiger partial charge < -0.3 is 14.9 Å². The van der Waals surface area contributed by atoms with Crippen LogP contribution in [-0.4, -0.2) is 6.61 Å². The van der Waals surface area contributed by atoms with E-state index in [1.165, 1.54) is 0 Å². The lowest BCUT2D eigenvalue weighted by Gasteiger charge is -1.97. The summed E-state index contributed by atoms with van der Waals surface area (Å²) >= 11 is 0. The molecule has 1 rings (SSSR count). The molecule has 1 heterocycles. The number of hydrogen-bond acceptors (Lipinski definition) is 3. The molecule has 0 aliphatic rings. The van der Waals surface area contributed by atoms with E-state index in [4.69, 9.17) is 14.9 Å². The Balaban J connectivity index is 2.31. The van der Waals surface area contributed by atoms with Crippen molar-refractivity contribution in [3.8, 4) is 0 Å². The van der Waals surface area contributed by atoms with E-state index in [1.807, 2.05) is 6.07 Å². The van der Waals surface area contributed by atoms with Crippen molar-refractivity contribution >= 4 is 0 Å². The zero-order chi connectivity index (χ0) is 8.81. The molecule has 0 amide bonds. The van der Waals surface area contributed by atoms with E-state index >= 15 is 0 Å². The molecule has 0 atom stereocenters. The monoisotopic (exact) mass is 169 g/mol. The largest absolute Gasteiger partial charge is 0.467 e. The van der Waals surface area contributed by atoms with Crippen LogP contribution < -0.4 is 5.73 Å². The summed E-state index contributed by atoms with van der Waals surface area (Å²) in [5.74, 6) is 0.851. The summed E-state index contributed by atoms with van der Waals surface area (Å²) in [6.45, 7) is 3.93. The molecule has 0 bridgehead atoms. The molecular weight excluding hydrogens is 154 g/mol. The van der Waals surface area contributed by atoms with Crippen LogP contribution in [0.5, 0.6) is 0 Å². The van der Waals surface area contributed by atoms with Gasteiger partial charge in [-0.25, -0.2) is 0 Å². The Bertz CT molecular complexity index is 220. The summed E-state index contributed by atoms with van der Waals surface area (Å²) in [7, 11) is 0. The SMILES string of the molecule is CCCOCc1cc(CN)co1. The lowest BCUT2D eigenvalue weighted by atomic mass is 10.3. The van der Waals surface area contributed by atoms with Gasteiger partial charge in [-0.15, -0.1) is 0 Å². The second-order valence-electron chi connectivity index (χ2n) is 2.68. The number of hydrogen-bond donors (Lipinski definition) is 1. The number of rotatable bonds is 5. The number of ether oxygens (including phenoxy) is 1. The van der Waals surface area contributed by atoms with Crippen LogP contribution in [0, 0.1) is 0 Å². The first kappa shape index (κ1) is 9.29. The molecule has 12 heavy (non-hydrogen) atoms. The summed E-state index contributed by atoms with van der Waals surface area (Å²) in [4.78, 5) is 0. The van der Waals surface area contributed by atoms with Crippen molar-refractivity contribution < 1.29 is 9.15 Å². The summed E-state index contributed by atoms with van der Waals surface area (Å²) in [6.07, 6.45) is 2.70. The third kappa shape index (κ3) is 2.68. The highest BCUT2D eigenvalue weighted by Crippen LogP contribution is 2.08. The number of nitrogens with two attached hydrogens (primary N) is 1. The predicted octanol–water partition coefficient (Wildman–Crippen LogP) is 1.66. The Kier molecular flexibility index (Phi) is 3.84. The molecule has 0 unspecified atom stereocenters. The van der Waals surface area contributed by atoms with Gasteiger partial charge in [0.2, 0.25) is 0 Å². The van der Waals surface area contributed by atoms with Crippen molar-refractivity contribution in [2.24, 2.45) is 5.73 Å². The van der Waals surface area contributed by atoms with Crippen LogP contribution in [0.4, 0.5) is 0 Å². The molecule has 68 valence electrons. The van der Waals surface area contributed by atoms with Crippen molar-refractivity contribution in [1.29, 1.82) is 0 Å². The molecule has 0 spiro atoms. The average molecular weight is 169 g/mol. The highest BCUT2D eigenvalue weighted by atomic mass is 16.5. The zero-order valence-corrected chi connectivity index (χ0v) is 7.38. The van der Waals surface area contributed by atoms with E-state index in [0.29, 0.717) is 13.2 Å². The van der Waals surface area contributed by atoms with Gasteiger partial charge in [0, 0.05) is 18.7 Å². The van der Waals surface area contributed by atoms with Crippen LogP contribution in [0.3, 0.4) is 0 Å². The normalized spacial score (nSPS) is 10.5. The van der Waals surface area contributed by atoms with Gasteiger partial charge in [0.1, 0.15) is 12.4 Å². The van der Waals surface area contributed by atoms with Crippen LogP contribution in [-0.2, 0) is 17.9 Å². The summed E-state index contributed by atoms with van der Waals surface area (Å²) in [6, 6.07) is 1.93. The smallest absolute Gasteiger partial charge is 0.129 e. The first-order chi connectivity index (χ1) is 5.86. The lowest BCUT2D eigenvalue weighted by Crippen LogP contribution is -1.94. The molecule has 0 saturated heterocycles. The maximum absolute atomic E-state index is 5.42. The molecule has 2 N–H and O–H groups in total. The third-order valence-electron chi connectivity index (χ3n) is 1.54. The average Bonchev–Trinajstić information content (AvgIpc) is 2.53. The van der Waals surface area contributed by atoms with E-state index in [9.17, 15) is 0 Å². The molecule has 1 aromatic heterocycles. The van der Waals surface area contributed by atoms with Gasteiger partial charge in [-0.3, -0.25) is 0 Å². The van der Waals surface area contributed by atoms with Crippen molar-refractivity contribution in [3.05, 3.63) is 23.7 Å². The van der Waals surface area contributed by atoms with E-state index in [1.54, 1.807) is 6.26 Å². The van der Waals surface area contributed by atoms with Gasteiger partial charge in [-0.05, 0) is 12.5 Å². The van der Waals surface area contributed by atoms with E-state index in [0.717, 1.165) is 24.4 Å². The fraction of sp³-hybridized carbons (Fsp3) is 0.556. The minimum atomic E-state index is 0.525. The first-order valence-corrected chi connectivity index (χ1v) is 4.21. The standard InChI is InChI=1S/C9H15NO2/c1-2-3-11-7-9-4-8(5-10)6-12-9/h4,6H,2-3,5,7,10H2,1H3. The maximum atomic E-state index is 5.42. The van der Waals surface area contributed by atoms with Crippen LogP contribution in [0.15, 0.2) is 16.7 Å². The Morgan fingerprint density at radius 2 is 2.42 bits per heavy atom. The highest BCUT2D eigenvalue weighted by molar-refractivity contribution is 5.11. The van der Waals surface area contributed by atoms with Crippen molar-refractivity contribution in [3.63, 3.8) is 0 Å². The minimum absolute atomic E-state index is 0.525. The van der Waals surface area contributed by atoms with Crippen LogP contribution in [0.2, 0.25) is 0 Å². The van der Waals surface area contributed by atoms with Gasteiger partial charge in [0.05, 0.1) is 6.26 Å². The lowest BCUT2D eigenvalue weighted by molar-refractivity contribution is 0.107. The molecule has 0 fully saturated rings. The summed E-state index contributed by atoms with van der Waals surface area (Å²) in [5.41, 5.74) is 6.44. The van der Waals surface area contributed by atoms with Gasteiger partial charge in [0.15, 0.2) is 0 Å². The van der Waals surface area contributed by atoms with E-state index < -0.39 is 0 Å². The maximum Gasteiger partial charge on any atom is 0.129 e. The second kappa shape index (κ2) is 4.95. The van der Waals surface area contributed by atoms with Gasteiger partial charge >= 0.3 is 0 Å². The quantitative estimate of drug-likeness (QED) is 0.682. The Labute approximate surface area is 72.5 Å². The van der Waals surface area contributed by atoms with E-state index in [-0.39, 0.29) is 0 Å². The van der Waals surface area contributed by atoms with E-state index in [2.05, 4.69) is 6.92 Å². The van der Waals surface area contributed by atoms with Gasteiger partial charge in [0.25, 0.3) is 0 Å². The molecule has 0 radical (unpaired) electrons. The summed E-state index contributed by atoms with van der Waals surface area (Å²) in [5, 5.41) is 0. The molecule has 3 nitrogen and oxygen atoms in total. The Morgan fingerprint density at radius 1 is 1.58 bits per heavy atom. The van der Waals surface area contributed by atoms with Crippen LogP contribution in [0.25, 0.3) is 0 Å². The highest BCUT2D eigenvalue weighted by Gasteiger charge is 1.99. The third-order valence-corrected chi connectivity index (χ3v) is 1.54. The molecule has 0 saturated carbocycles. The fourth-order valence-corrected chi connectivity index (χ4v) is 0.926. The van der Waals surface area contributed by atoms with Crippen LogP contribution >= 0.6 is 0 Å². The van der Waals surface area contributed by atoms with Crippen LogP contribution in [0.1, 0.15) is 24.7 Å². The first-order valence-electron chi connectivity index (χ1n) is 4.21. The molecular formula is C9H15NO2. The Morgan fingerprint density at radius 3 is 3.00 bits per heavy atom. The molecule has 0 aliphatic heterocycles. The molecule has 0 aliphatic carbocycles. The molecule has 3 heteroatoms. The number of furan rings is 1. The van der Waals surface area contributed by atoms with Crippen molar-refractivity contribution in [2.75, 3.05) is 6.61 Å². The second-order valence-corrected chi connectivity index (χ2v) is 2.68. The Hall–Kier alpha value is -0.800. The fourth-order valence-electron chi connectivity index (χ4n) is 0.926. The topological polar surface area (TPSA) is 48.4 Å². The molecule has 1 aromatic rings. The summed E-state index contributed by atoms with van der Waals surface area (Å²) < 4.78 is 10.5.